The van der Waals surface area contributed by atoms with Gasteiger partial charge >= 0.3 is 0 Å². The van der Waals surface area contributed by atoms with Crippen LogP contribution >= 0.6 is 0 Å². The van der Waals surface area contributed by atoms with Crippen molar-refractivity contribution >= 4 is 5.69 Å². The minimum atomic E-state index is -0.389. The summed E-state index contributed by atoms with van der Waals surface area (Å²) in [6.45, 7) is 4.53. The molecule has 21 heavy (non-hydrogen) atoms. The molecule has 114 valence electrons. The predicted octanol–water partition coefficient (Wildman–Crippen LogP) is 2.72. The summed E-state index contributed by atoms with van der Waals surface area (Å²) in [5.41, 5.74) is 7.58. The lowest BCUT2D eigenvalue weighted by atomic mass is 10.1. The quantitative estimate of drug-likeness (QED) is 0.859. The number of aromatic nitrogens is 2. The maximum atomic E-state index is 13.4. The molecule has 0 saturated heterocycles. The van der Waals surface area contributed by atoms with E-state index in [9.17, 15) is 4.39 Å². The molecule has 1 aromatic carbocycles. The zero-order chi connectivity index (χ0) is 15.4. The van der Waals surface area contributed by atoms with Crippen LogP contribution in [0.4, 0.5) is 10.1 Å². The first-order valence-electron chi connectivity index (χ1n) is 6.89. The van der Waals surface area contributed by atoms with Crippen molar-refractivity contribution in [3.05, 3.63) is 42.0 Å². The van der Waals surface area contributed by atoms with Gasteiger partial charge in [-0.1, -0.05) is 0 Å². The fourth-order valence-corrected chi connectivity index (χ4v) is 2.04. The van der Waals surface area contributed by atoms with Crippen LogP contribution in [0.15, 0.2) is 30.6 Å². The molecule has 0 radical (unpaired) electrons. The highest BCUT2D eigenvalue weighted by atomic mass is 19.1. The molecule has 0 aliphatic heterocycles. The highest BCUT2D eigenvalue weighted by Gasteiger charge is 2.14. The summed E-state index contributed by atoms with van der Waals surface area (Å²) >= 11 is 0. The highest BCUT2D eigenvalue weighted by molar-refractivity contribution is 5.50. The van der Waals surface area contributed by atoms with Gasteiger partial charge in [0.15, 0.2) is 11.6 Å². The van der Waals surface area contributed by atoms with E-state index in [4.69, 9.17) is 10.5 Å². The van der Waals surface area contributed by atoms with E-state index in [1.54, 1.807) is 18.3 Å². The average Bonchev–Trinajstić information content (AvgIpc) is 2.96. The summed E-state index contributed by atoms with van der Waals surface area (Å²) in [5, 5.41) is 7.58. The third-order valence-corrected chi connectivity index (χ3v) is 3.28. The molecule has 0 spiro atoms. The minimum absolute atomic E-state index is 0.0901. The van der Waals surface area contributed by atoms with Gasteiger partial charge in [-0.05, 0) is 26.0 Å². The Morgan fingerprint density at radius 2 is 2.19 bits per heavy atom. The van der Waals surface area contributed by atoms with Crippen molar-refractivity contribution in [1.29, 1.82) is 0 Å². The zero-order valence-corrected chi connectivity index (χ0v) is 12.5. The van der Waals surface area contributed by atoms with E-state index in [1.807, 2.05) is 10.9 Å². The average molecular weight is 292 g/mol. The molecule has 0 fully saturated rings. The van der Waals surface area contributed by atoms with E-state index in [2.05, 4.69) is 24.3 Å². The van der Waals surface area contributed by atoms with E-state index in [1.165, 1.54) is 13.2 Å². The standard InChI is InChI=1S/C15H21FN4O/c1-10(2)20-9-11(8-18-20)14(7-17)19-12-4-5-13(16)15(6-12)21-3/h4-6,8-10,14,19H,7,17H2,1-3H3. The maximum absolute atomic E-state index is 13.4. The van der Waals surface area contributed by atoms with E-state index < -0.39 is 0 Å². The van der Waals surface area contributed by atoms with Crippen molar-refractivity contribution in [3.8, 4) is 5.75 Å². The van der Waals surface area contributed by atoms with Crippen molar-refractivity contribution in [2.24, 2.45) is 5.73 Å². The fraction of sp³-hybridized carbons (Fsp3) is 0.400. The first-order valence-corrected chi connectivity index (χ1v) is 6.89. The van der Waals surface area contributed by atoms with Crippen LogP contribution in [0.1, 0.15) is 31.5 Å². The summed E-state index contributed by atoms with van der Waals surface area (Å²) in [6, 6.07) is 4.85. The summed E-state index contributed by atoms with van der Waals surface area (Å²) < 4.78 is 20.3. The number of hydrogen-bond acceptors (Lipinski definition) is 4. The third-order valence-electron chi connectivity index (χ3n) is 3.28. The Hall–Kier alpha value is -2.08. The Morgan fingerprint density at radius 1 is 1.43 bits per heavy atom. The molecule has 1 aromatic heterocycles. The molecule has 0 aliphatic carbocycles. The van der Waals surface area contributed by atoms with E-state index in [0.717, 1.165) is 11.3 Å². The molecular weight excluding hydrogens is 271 g/mol. The van der Waals surface area contributed by atoms with Crippen LogP contribution in [0.3, 0.4) is 0 Å². The lowest BCUT2D eigenvalue weighted by molar-refractivity contribution is 0.386. The molecule has 2 rings (SSSR count). The van der Waals surface area contributed by atoms with Crippen molar-refractivity contribution in [3.63, 3.8) is 0 Å². The van der Waals surface area contributed by atoms with Crippen molar-refractivity contribution < 1.29 is 9.13 Å². The largest absolute Gasteiger partial charge is 0.494 e. The SMILES string of the molecule is COc1cc(NC(CN)c2cnn(C(C)C)c2)ccc1F. The molecule has 3 N–H and O–H groups in total. The third kappa shape index (κ3) is 3.52. The summed E-state index contributed by atoms with van der Waals surface area (Å²) in [7, 11) is 1.44. The number of hydrogen-bond donors (Lipinski definition) is 2. The molecular formula is C15H21FN4O. The fourth-order valence-electron chi connectivity index (χ4n) is 2.04. The van der Waals surface area contributed by atoms with Crippen LogP contribution < -0.4 is 15.8 Å². The number of nitrogens with one attached hydrogen (secondary N) is 1. The van der Waals surface area contributed by atoms with Crippen LogP contribution in [0.2, 0.25) is 0 Å². The van der Waals surface area contributed by atoms with E-state index >= 15 is 0 Å². The number of rotatable bonds is 6. The topological polar surface area (TPSA) is 65.1 Å². The normalized spacial score (nSPS) is 12.5. The van der Waals surface area contributed by atoms with Gasteiger partial charge < -0.3 is 15.8 Å². The molecule has 1 atom stereocenters. The van der Waals surface area contributed by atoms with E-state index in [0.29, 0.717) is 12.6 Å². The molecule has 0 saturated carbocycles. The second-order valence-corrected chi connectivity index (χ2v) is 5.13. The maximum Gasteiger partial charge on any atom is 0.165 e. The van der Waals surface area contributed by atoms with Crippen LogP contribution in [0.25, 0.3) is 0 Å². The Kier molecular flexibility index (Phi) is 4.80. The second kappa shape index (κ2) is 6.58. The number of anilines is 1. The lowest BCUT2D eigenvalue weighted by Crippen LogP contribution is -2.20. The van der Waals surface area contributed by atoms with Crippen LogP contribution in [0, 0.1) is 5.82 Å². The lowest BCUT2D eigenvalue weighted by Gasteiger charge is -2.17. The van der Waals surface area contributed by atoms with Gasteiger partial charge in [-0.15, -0.1) is 0 Å². The first kappa shape index (κ1) is 15.3. The molecule has 5 nitrogen and oxygen atoms in total. The Labute approximate surface area is 123 Å². The van der Waals surface area contributed by atoms with Gasteiger partial charge in [0.2, 0.25) is 0 Å². The van der Waals surface area contributed by atoms with Gasteiger partial charge in [0.05, 0.1) is 19.3 Å². The number of methoxy groups -OCH3 is 1. The number of nitrogens with two attached hydrogens (primary N) is 1. The van der Waals surface area contributed by atoms with Gasteiger partial charge in [-0.3, -0.25) is 4.68 Å². The van der Waals surface area contributed by atoms with Crippen molar-refractivity contribution in [2.75, 3.05) is 19.0 Å². The first-order chi connectivity index (χ1) is 10.0. The van der Waals surface area contributed by atoms with E-state index in [-0.39, 0.29) is 17.6 Å². The molecule has 0 bridgehead atoms. The van der Waals surface area contributed by atoms with Gasteiger partial charge in [0.1, 0.15) is 0 Å². The molecule has 0 amide bonds. The zero-order valence-electron chi connectivity index (χ0n) is 12.5. The van der Waals surface area contributed by atoms with Crippen LogP contribution in [0.5, 0.6) is 5.75 Å². The minimum Gasteiger partial charge on any atom is -0.494 e. The Morgan fingerprint density at radius 3 is 2.76 bits per heavy atom. The number of halogens is 1. The van der Waals surface area contributed by atoms with Crippen LogP contribution in [-0.2, 0) is 0 Å². The molecule has 1 unspecified atom stereocenters. The van der Waals surface area contributed by atoms with Gasteiger partial charge in [-0.25, -0.2) is 4.39 Å². The summed E-state index contributed by atoms with van der Waals surface area (Å²) in [4.78, 5) is 0. The molecule has 6 heteroatoms. The van der Waals surface area contributed by atoms with Gasteiger partial charge in [0, 0.05) is 36.1 Å². The summed E-state index contributed by atoms with van der Waals surface area (Å²) in [5.74, 6) is -0.186. The number of ether oxygens (including phenoxy) is 1. The van der Waals surface area contributed by atoms with Crippen molar-refractivity contribution in [2.45, 2.75) is 25.9 Å². The molecule has 2 aromatic rings. The monoisotopic (exact) mass is 292 g/mol. The second-order valence-electron chi connectivity index (χ2n) is 5.13. The molecule has 0 aliphatic rings. The van der Waals surface area contributed by atoms with Crippen molar-refractivity contribution in [1.82, 2.24) is 9.78 Å². The summed E-state index contributed by atoms with van der Waals surface area (Å²) in [6.07, 6.45) is 3.77. The highest BCUT2D eigenvalue weighted by Crippen LogP contribution is 2.25. The number of benzene rings is 1. The van der Waals surface area contributed by atoms with Gasteiger partial charge in [-0.2, -0.15) is 5.10 Å². The smallest absolute Gasteiger partial charge is 0.165 e. The van der Waals surface area contributed by atoms with Gasteiger partial charge in [0.25, 0.3) is 0 Å². The Bertz CT molecular complexity index is 597. The number of nitrogens with zero attached hydrogens (tertiary/aromatic N) is 2. The Balaban J connectivity index is 2.18. The molecule has 1 heterocycles. The predicted molar refractivity (Wildman–Crippen MR) is 81.0 cm³/mol. The van der Waals surface area contributed by atoms with Crippen LogP contribution in [-0.4, -0.2) is 23.4 Å².